The molecular weight excluding hydrogens is 310 g/mol. The molecule has 0 radical (unpaired) electrons. The van der Waals surface area contributed by atoms with Crippen LogP contribution < -0.4 is 22.1 Å². The van der Waals surface area contributed by atoms with Gasteiger partial charge in [-0.3, -0.25) is 9.59 Å². The van der Waals surface area contributed by atoms with E-state index in [0.29, 0.717) is 12.1 Å². The van der Waals surface area contributed by atoms with E-state index in [9.17, 15) is 9.59 Å². The van der Waals surface area contributed by atoms with Crippen molar-refractivity contribution in [2.24, 2.45) is 11.5 Å². The molecule has 0 spiro atoms. The first-order valence-electron chi connectivity index (χ1n) is 7.34. The summed E-state index contributed by atoms with van der Waals surface area (Å²) in [5, 5.41) is 13.3. The van der Waals surface area contributed by atoms with E-state index in [1.54, 1.807) is 6.92 Å². The number of nitrogens with two attached hydrogens (primary N) is 2. The molecule has 1 aromatic carbocycles. The topological polar surface area (TPSA) is 149 Å². The number of carbonyl (C=O) groups is 2. The Hall–Kier alpha value is -3.23. The predicted molar refractivity (Wildman–Crippen MR) is 89.7 cm³/mol. The zero-order valence-corrected chi connectivity index (χ0v) is 13.4. The maximum absolute atomic E-state index is 11.5. The molecule has 1 aromatic heterocycles. The van der Waals surface area contributed by atoms with Gasteiger partial charge in [0.2, 0.25) is 11.9 Å². The summed E-state index contributed by atoms with van der Waals surface area (Å²) in [7, 11) is 0. The summed E-state index contributed by atoms with van der Waals surface area (Å²) in [5.41, 5.74) is 12.2. The average Bonchev–Trinajstić information content (AvgIpc) is 2.52. The number of benzene rings is 1. The SMILES string of the molecule is CC[C@@H](Nc1nnc(C(N)=O)c(Nc2cccc(C)c2)n1)C(N)=O. The number of nitrogens with zero attached hydrogens (tertiary/aromatic N) is 3. The summed E-state index contributed by atoms with van der Waals surface area (Å²) in [4.78, 5) is 27.0. The van der Waals surface area contributed by atoms with E-state index in [1.165, 1.54) is 0 Å². The number of nitrogens with one attached hydrogen (secondary N) is 2. The molecule has 0 aliphatic carbocycles. The lowest BCUT2D eigenvalue weighted by molar-refractivity contribution is -0.118. The number of aromatic nitrogens is 3. The summed E-state index contributed by atoms with van der Waals surface area (Å²) < 4.78 is 0. The van der Waals surface area contributed by atoms with Crippen LogP contribution in [0.2, 0.25) is 0 Å². The first kappa shape index (κ1) is 17.1. The van der Waals surface area contributed by atoms with Crippen molar-refractivity contribution >= 4 is 29.3 Å². The van der Waals surface area contributed by atoms with Crippen LogP contribution in [0.15, 0.2) is 24.3 Å². The summed E-state index contributed by atoms with van der Waals surface area (Å²) in [6.07, 6.45) is 0.455. The average molecular weight is 329 g/mol. The van der Waals surface area contributed by atoms with Gasteiger partial charge >= 0.3 is 0 Å². The summed E-state index contributed by atoms with van der Waals surface area (Å²) in [6.45, 7) is 3.73. The Morgan fingerprint density at radius 1 is 1.25 bits per heavy atom. The minimum absolute atomic E-state index is 0.0702. The molecule has 24 heavy (non-hydrogen) atoms. The highest BCUT2D eigenvalue weighted by Gasteiger charge is 2.18. The minimum Gasteiger partial charge on any atom is -0.368 e. The molecule has 0 fully saturated rings. The second-order valence-corrected chi connectivity index (χ2v) is 5.20. The highest BCUT2D eigenvalue weighted by Crippen LogP contribution is 2.19. The molecule has 0 saturated carbocycles. The lowest BCUT2D eigenvalue weighted by atomic mass is 10.2. The van der Waals surface area contributed by atoms with E-state index in [0.717, 1.165) is 5.56 Å². The Labute approximate surface area is 138 Å². The van der Waals surface area contributed by atoms with Crippen LogP contribution in [0.3, 0.4) is 0 Å². The summed E-state index contributed by atoms with van der Waals surface area (Å²) in [5.74, 6) is -1.09. The Bertz CT molecular complexity index is 763. The van der Waals surface area contributed by atoms with E-state index < -0.39 is 17.9 Å². The lowest BCUT2D eigenvalue weighted by Gasteiger charge is -2.14. The monoisotopic (exact) mass is 329 g/mol. The van der Waals surface area contributed by atoms with Crippen LogP contribution in [0.4, 0.5) is 17.5 Å². The molecule has 126 valence electrons. The van der Waals surface area contributed by atoms with Gasteiger partial charge in [0, 0.05) is 5.69 Å². The minimum atomic E-state index is -0.765. The van der Waals surface area contributed by atoms with E-state index in [-0.39, 0.29) is 17.5 Å². The zero-order chi connectivity index (χ0) is 17.7. The van der Waals surface area contributed by atoms with Gasteiger partial charge in [-0.05, 0) is 31.0 Å². The molecule has 1 heterocycles. The van der Waals surface area contributed by atoms with Crippen molar-refractivity contribution in [3.8, 4) is 0 Å². The molecule has 2 rings (SSSR count). The number of primary amides is 2. The van der Waals surface area contributed by atoms with Gasteiger partial charge in [-0.15, -0.1) is 10.2 Å². The molecular formula is C15H19N7O2. The fourth-order valence-corrected chi connectivity index (χ4v) is 2.03. The molecule has 2 aromatic rings. The highest BCUT2D eigenvalue weighted by molar-refractivity contribution is 5.96. The van der Waals surface area contributed by atoms with Crippen LogP contribution in [0.25, 0.3) is 0 Å². The number of aryl methyl sites for hydroxylation is 1. The van der Waals surface area contributed by atoms with Gasteiger partial charge in [0.25, 0.3) is 5.91 Å². The van der Waals surface area contributed by atoms with Crippen molar-refractivity contribution in [2.75, 3.05) is 10.6 Å². The number of anilines is 3. The molecule has 0 unspecified atom stereocenters. The summed E-state index contributed by atoms with van der Waals surface area (Å²) in [6, 6.07) is 6.83. The predicted octanol–water partition coefficient (Wildman–Crippen LogP) is 0.698. The van der Waals surface area contributed by atoms with Crippen molar-refractivity contribution in [1.29, 1.82) is 0 Å². The van der Waals surface area contributed by atoms with Gasteiger partial charge < -0.3 is 22.1 Å². The standard InChI is InChI=1S/C15H19N7O2/c1-3-10(12(16)23)19-15-20-14(11(13(17)24)21-22-15)18-9-6-4-5-8(2)7-9/h4-7,10H,3H2,1-2H3,(H2,16,23)(H2,17,24)(H2,18,19,20,22)/t10-/m1/s1. The molecule has 2 amide bonds. The molecule has 9 heteroatoms. The molecule has 0 aliphatic rings. The molecule has 9 nitrogen and oxygen atoms in total. The van der Waals surface area contributed by atoms with Crippen molar-refractivity contribution < 1.29 is 9.59 Å². The second-order valence-electron chi connectivity index (χ2n) is 5.20. The Balaban J connectivity index is 2.34. The van der Waals surface area contributed by atoms with E-state index in [1.807, 2.05) is 31.2 Å². The molecule has 0 aliphatic heterocycles. The maximum atomic E-state index is 11.5. The van der Waals surface area contributed by atoms with Crippen LogP contribution in [-0.2, 0) is 4.79 Å². The fraction of sp³-hybridized carbons (Fsp3) is 0.267. The van der Waals surface area contributed by atoms with Crippen LogP contribution in [-0.4, -0.2) is 33.0 Å². The smallest absolute Gasteiger partial charge is 0.273 e. The highest BCUT2D eigenvalue weighted by atomic mass is 16.1. The fourth-order valence-electron chi connectivity index (χ4n) is 2.03. The van der Waals surface area contributed by atoms with Crippen molar-refractivity contribution in [1.82, 2.24) is 15.2 Å². The largest absolute Gasteiger partial charge is 0.368 e. The Morgan fingerprint density at radius 3 is 2.58 bits per heavy atom. The third-order valence-electron chi connectivity index (χ3n) is 3.26. The zero-order valence-electron chi connectivity index (χ0n) is 13.4. The van der Waals surface area contributed by atoms with Crippen LogP contribution in [0.1, 0.15) is 29.4 Å². The van der Waals surface area contributed by atoms with Crippen LogP contribution in [0.5, 0.6) is 0 Å². The van der Waals surface area contributed by atoms with E-state index >= 15 is 0 Å². The van der Waals surface area contributed by atoms with Gasteiger partial charge in [0.15, 0.2) is 11.5 Å². The van der Waals surface area contributed by atoms with Gasteiger partial charge in [0.1, 0.15) is 6.04 Å². The number of carbonyl (C=O) groups excluding carboxylic acids is 2. The number of amides is 2. The molecule has 6 N–H and O–H groups in total. The molecule has 0 bridgehead atoms. The first-order chi connectivity index (χ1) is 11.4. The third-order valence-corrected chi connectivity index (χ3v) is 3.26. The van der Waals surface area contributed by atoms with Gasteiger partial charge in [-0.2, -0.15) is 4.98 Å². The normalized spacial score (nSPS) is 11.6. The third kappa shape index (κ3) is 4.15. The van der Waals surface area contributed by atoms with Gasteiger partial charge in [-0.1, -0.05) is 19.1 Å². The quantitative estimate of drug-likeness (QED) is 0.584. The van der Waals surface area contributed by atoms with Crippen molar-refractivity contribution in [3.05, 3.63) is 35.5 Å². The van der Waals surface area contributed by atoms with Crippen LogP contribution >= 0.6 is 0 Å². The lowest BCUT2D eigenvalue weighted by Crippen LogP contribution is -2.35. The molecule has 1 atom stereocenters. The first-order valence-corrected chi connectivity index (χ1v) is 7.34. The van der Waals surface area contributed by atoms with Gasteiger partial charge in [0.05, 0.1) is 0 Å². The van der Waals surface area contributed by atoms with Crippen LogP contribution in [0, 0.1) is 6.92 Å². The number of rotatable bonds is 7. The number of hydrogen-bond donors (Lipinski definition) is 4. The van der Waals surface area contributed by atoms with E-state index in [4.69, 9.17) is 11.5 Å². The maximum Gasteiger partial charge on any atom is 0.273 e. The van der Waals surface area contributed by atoms with E-state index in [2.05, 4.69) is 25.8 Å². The van der Waals surface area contributed by atoms with Crippen molar-refractivity contribution in [2.45, 2.75) is 26.3 Å². The molecule has 0 saturated heterocycles. The van der Waals surface area contributed by atoms with Gasteiger partial charge in [-0.25, -0.2) is 0 Å². The Morgan fingerprint density at radius 2 is 2.00 bits per heavy atom. The summed E-state index contributed by atoms with van der Waals surface area (Å²) >= 11 is 0. The van der Waals surface area contributed by atoms with Crippen molar-refractivity contribution in [3.63, 3.8) is 0 Å². The Kier molecular flexibility index (Phi) is 5.25. The number of hydrogen-bond acceptors (Lipinski definition) is 7. The second kappa shape index (κ2) is 7.36.